The minimum atomic E-state index is -4.53. The monoisotopic (exact) mass is 385 g/mol. The minimum absolute atomic E-state index is 0.00888. The van der Waals surface area contributed by atoms with Gasteiger partial charge < -0.3 is 9.51 Å². The van der Waals surface area contributed by atoms with Crippen LogP contribution in [0.4, 0.5) is 13.2 Å². The van der Waals surface area contributed by atoms with Crippen molar-refractivity contribution < 1.29 is 17.7 Å². The fourth-order valence-electron chi connectivity index (χ4n) is 2.46. The predicted octanol–water partition coefficient (Wildman–Crippen LogP) is 3.57. The molecule has 4 aromatic rings. The first-order chi connectivity index (χ1) is 13.4. The van der Waals surface area contributed by atoms with Crippen LogP contribution in [0.3, 0.4) is 0 Å². The van der Waals surface area contributed by atoms with Crippen molar-refractivity contribution in [1.82, 2.24) is 25.1 Å². The molecule has 0 radical (unpaired) electrons. The number of H-pyrrole nitrogens is 1. The average Bonchev–Trinajstić information content (AvgIpc) is 3.18. The Morgan fingerprint density at radius 2 is 1.82 bits per heavy atom. The van der Waals surface area contributed by atoms with Crippen LogP contribution in [0.25, 0.3) is 34.4 Å². The van der Waals surface area contributed by atoms with Gasteiger partial charge in [-0.05, 0) is 12.1 Å². The van der Waals surface area contributed by atoms with Crippen LogP contribution < -0.4 is 5.56 Å². The molecular formula is C18H10F3N5O2. The van der Waals surface area contributed by atoms with Crippen LogP contribution in [0.5, 0.6) is 0 Å². The number of nitrogens with one attached hydrogen (secondary N) is 1. The number of alkyl halides is 3. The summed E-state index contributed by atoms with van der Waals surface area (Å²) in [6.45, 7) is 0. The van der Waals surface area contributed by atoms with Gasteiger partial charge in [-0.2, -0.15) is 18.2 Å². The summed E-state index contributed by atoms with van der Waals surface area (Å²) in [6, 6.07) is 10.6. The van der Waals surface area contributed by atoms with Crippen LogP contribution in [-0.4, -0.2) is 25.1 Å². The standard InChI is InChI=1S/C18H10F3N5O2/c19-18(20,21)11-6-7-22-13(8-11)15-25-17(28-26-15)12-9-23-14(24-16(12)27)10-4-2-1-3-5-10/h1-9H,(H,23,24,27). The van der Waals surface area contributed by atoms with Crippen LogP contribution in [0.1, 0.15) is 5.56 Å². The number of hydrogen-bond acceptors (Lipinski definition) is 6. The molecule has 140 valence electrons. The minimum Gasteiger partial charge on any atom is -0.333 e. The van der Waals surface area contributed by atoms with Crippen LogP contribution in [0, 0.1) is 0 Å². The number of nitrogens with zero attached hydrogens (tertiary/aromatic N) is 4. The van der Waals surface area contributed by atoms with E-state index in [2.05, 4.69) is 25.1 Å². The third-order valence-corrected chi connectivity index (χ3v) is 3.82. The van der Waals surface area contributed by atoms with Gasteiger partial charge in [0, 0.05) is 18.0 Å². The molecule has 28 heavy (non-hydrogen) atoms. The molecule has 3 aromatic heterocycles. The molecule has 7 nitrogen and oxygen atoms in total. The zero-order chi connectivity index (χ0) is 19.7. The average molecular weight is 385 g/mol. The van der Waals surface area contributed by atoms with Gasteiger partial charge in [0.2, 0.25) is 5.82 Å². The predicted molar refractivity (Wildman–Crippen MR) is 91.8 cm³/mol. The number of aromatic nitrogens is 5. The SMILES string of the molecule is O=c1[nH]c(-c2ccccc2)ncc1-c1nc(-c2cc(C(F)(F)F)ccn2)no1. The first-order valence-corrected chi connectivity index (χ1v) is 7.94. The van der Waals surface area contributed by atoms with Crippen molar-refractivity contribution >= 4 is 0 Å². The molecule has 1 N–H and O–H groups in total. The van der Waals surface area contributed by atoms with E-state index in [0.717, 1.165) is 18.3 Å². The van der Waals surface area contributed by atoms with E-state index in [-0.39, 0.29) is 23.0 Å². The lowest BCUT2D eigenvalue weighted by Gasteiger charge is -2.05. The van der Waals surface area contributed by atoms with Gasteiger partial charge in [0.05, 0.1) is 5.56 Å². The molecule has 0 saturated carbocycles. The Hall–Kier alpha value is -3.82. The Kier molecular flexibility index (Phi) is 4.22. The zero-order valence-electron chi connectivity index (χ0n) is 13.9. The van der Waals surface area contributed by atoms with Crippen LogP contribution in [-0.2, 0) is 6.18 Å². The third kappa shape index (κ3) is 3.39. The topological polar surface area (TPSA) is 97.6 Å². The normalized spacial score (nSPS) is 11.5. The number of aromatic amines is 1. The number of benzene rings is 1. The highest BCUT2D eigenvalue weighted by Gasteiger charge is 2.31. The van der Waals surface area contributed by atoms with Crippen molar-refractivity contribution in [2.75, 3.05) is 0 Å². The van der Waals surface area contributed by atoms with E-state index in [1.807, 2.05) is 6.07 Å². The second-order valence-electron chi connectivity index (χ2n) is 5.69. The molecule has 0 fully saturated rings. The van der Waals surface area contributed by atoms with Gasteiger partial charge >= 0.3 is 6.18 Å². The molecule has 0 saturated heterocycles. The Bertz CT molecular complexity index is 1190. The molecule has 0 spiro atoms. The summed E-state index contributed by atoms with van der Waals surface area (Å²) in [5.41, 5.74) is -0.845. The maximum Gasteiger partial charge on any atom is 0.416 e. The van der Waals surface area contributed by atoms with E-state index >= 15 is 0 Å². The fourth-order valence-corrected chi connectivity index (χ4v) is 2.46. The lowest BCUT2D eigenvalue weighted by atomic mass is 10.2. The van der Waals surface area contributed by atoms with E-state index in [0.29, 0.717) is 11.4 Å². The number of pyridine rings is 1. The molecule has 0 bridgehead atoms. The van der Waals surface area contributed by atoms with E-state index in [4.69, 9.17) is 4.52 Å². The summed E-state index contributed by atoms with van der Waals surface area (Å²) < 4.78 is 43.5. The van der Waals surface area contributed by atoms with E-state index < -0.39 is 17.3 Å². The lowest BCUT2D eigenvalue weighted by Crippen LogP contribution is -2.11. The number of rotatable bonds is 3. The van der Waals surface area contributed by atoms with E-state index in [1.165, 1.54) is 6.20 Å². The summed E-state index contributed by atoms with van der Waals surface area (Å²) in [6.07, 6.45) is -2.27. The molecule has 0 unspecified atom stereocenters. The molecule has 4 rings (SSSR count). The summed E-state index contributed by atoms with van der Waals surface area (Å²) in [5.74, 6) is 0.00356. The Balaban J connectivity index is 1.68. The quantitative estimate of drug-likeness (QED) is 0.579. The summed E-state index contributed by atoms with van der Waals surface area (Å²) >= 11 is 0. The van der Waals surface area contributed by atoms with Gasteiger partial charge in [-0.1, -0.05) is 35.5 Å². The first kappa shape index (κ1) is 17.6. The highest BCUT2D eigenvalue weighted by molar-refractivity contribution is 5.59. The van der Waals surface area contributed by atoms with Crippen molar-refractivity contribution in [3.63, 3.8) is 0 Å². The molecule has 0 amide bonds. The van der Waals surface area contributed by atoms with Crippen molar-refractivity contribution in [3.05, 3.63) is 70.8 Å². The second kappa shape index (κ2) is 6.72. The molecule has 0 atom stereocenters. The largest absolute Gasteiger partial charge is 0.416 e. The van der Waals surface area contributed by atoms with Crippen LogP contribution >= 0.6 is 0 Å². The molecule has 0 aliphatic carbocycles. The van der Waals surface area contributed by atoms with Gasteiger partial charge in [0.1, 0.15) is 17.1 Å². The Morgan fingerprint density at radius 3 is 2.54 bits per heavy atom. The van der Waals surface area contributed by atoms with Gasteiger partial charge in [-0.15, -0.1) is 0 Å². The maximum absolute atomic E-state index is 12.8. The third-order valence-electron chi connectivity index (χ3n) is 3.82. The summed E-state index contributed by atoms with van der Waals surface area (Å²) in [5, 5.41) is 3.61. The highest BCUT2D eigenvalue weighted by Crippen LogP contribution is 2.30. The van der Waals surface area contributed by atoms with E-state index in [9.17, 15) is 18.0 Å². The number of hydrogen-bond donors (Lipinski definition) is 1. The molecule has 1 aromatic carbocycles. The summed E-state index contributed by atoms with van der Waals surface area (Å²) in [7, 11) is 0. The van der Waals surface area contributed by atoms with Crippen molar-refractivity contribution in [1.29, 1.82) is 0 Å². The molecule has 0 aliphatic rings. The van der Waals surface area contributed by atoms with Gasteiger partial charge in [-0.25, -0.2) is 4.98 Å². The fraction of sp³-hybridized carbons (Fsp3) is 0.0556. The molecule has 10 heteroatoms. The van der Waals surface area contributed by atoms with Gasteiger partial charge in [-0.3, -0.25) is 9.78 Å². The highest BCUT2D eigenvalue weighted by atomic mass is 19.4. The smallest absolute Gasteiger partial charge is 0.333 e. The molecular weight excluding hydrogens is 375 g/mol. The van der Waals surface area contributed by atoms with Crippen LogP contribution in [0.15, 0.2) is 64.2 Å². The zero-order valence-corrected chi connectivity index (χ0v) is 13.9. The maximum atomic E-state index is 12.8. The summed E-state index contributed by atoms with van der Waals surface area (Å²) in [4.78, 5) is 26.9. The van der Waals surface area contributed by atoms with Crippen molar-refractivity contribution in [2.45, 2.75) is 6.18 Å². The van der Waals surface area contributed by atoms with Crippen LogP contribution in [0.2, 0.25) is 0 Å². The van der Waals surface area contributed by atoms with Crippen molar-refractivity contribution in [2.24, 2.45) is 0 Å². The van der Waals surface area contributed by atoms with Gasteiger partial charge in [0.25, 0.3) is 11.4 Å². The van der Waals surface area contributed by atoms with Gasteiger partial charge in [0.15, 0.2) is 0 Å². The first-order valence-electron chi connectivity index (χ1n) is 7.94. The van der Waals surface area contributed by atoms with E-state index in [1.54, 1.807) is 24.3 Å². The van der Waals surface area contributed by atoms with Crippen molar-refractivity contribution in [3.8, 4) is 34.4 Å². The second-order valence-corrected chi connectivity index (χ2v) is 5.69. The Labute approximate surface area is 154 Å². The Morgan fingerprint density at radius 1 is 1.04 bits per heavy atom. The lowest BCUT2D eigenvalue weighted by molar-refractivity contribution is -0.137. The number of halogens is 3. The molecule has 3 heterocycles. The molecule has 0 aliphatic heterocycles.